The van der Waals surface area contributed by atoms with E-state index in [1.54, 1.807) is 0 Å². The second kappa shape index (κ2) is 2.48. The lowest BCUT2D eigenvalue weighted by Gasteiger charge is -2.50. The zero-order valence-electron chi connectivity index (χ0n) is 5.06. The molecular formula is C6H9I2N. The van der Waals surface area contributed by atoms with Gasteiger partial charge >= 0.3 is 0 Å². The zero-order valence-corrected chi connectivity index (χ0v) is 9.37. The molecule has 3 aliphatic rings. The van der Waals surface area contributed by atoms with Crippen LogP contribution in [0.25, 0.3) is 0 Å². The Hall–Kier alpha value is 1.42. The van der Waals surface area contributed by atoms with Crippen LogP contribution in [0, 0.1) is 0 Å². The van der Waals surface area contributed by atoms with Gasteiger partial charge in [0.2, 0.25) is 0 Å². The molecule has 1 aliphatic carbocycles. The van der Waals surface area contributed by atoms with Gasteiger partial charge in [-0.15, -0.1) is 0 Å². The first-order valence-corrected chi connectivity index (χ1v) is 5.56. The molecule has 0 aromatic heterocycles. The van der Waals surface area contributed by atoms with E-state index in [9.17, 15) is 0 Å². The highest BCUT2D eigenvalue weighted by Gasteiger charge is 2.43. The van der Waals surface area contributed by atoms with Crippen LogP contribution >= 0.6 is 45.5 Å². The molecule has 1 saturated carbocycles. The van der Waals surface area contributed by atoms with E-state index in [0.717, 1.165) is 16.0 Å². The molecule has 0 aromatic rings. The largest absolute Gasteiger partial charge is 0.241 e. The summed E-state index contributed by atoms with van der Waals surface area (Å²) in [4.78, 5) is 0. The lowest BCUT2D eigenvalue weighted by atomic mass is 9.83. The third-order valence-electron chi connectivity index (χ3n) is 2.30. The van der Waals surface area contributed by atoms with Crippen molar-refractivity contribution in [2.45, 2.75) is 35.3 Å². The van der Waals surface area contributed by atoms with Crippen molar-refractivity contribution in [2.24, 2.45) is 0 Å². The lowest BCUT2D eigenvalue weighted by Crippen LogP contribution is -2.55. The second-order valence-electron chi connectivity index (χ2n) is 2.96. The van der Waals surface area contributed by atoms with Crippen molar-refractivity contribution in [2.75, 3.05) is 0 Å². The molecule has 0 N–H and O–H groups in total. The first-order chi connectivity index (χ1) is 4.27. The van der Waals surface area contributed by atoms with E-state index in [1.807, 2.05) is 0 Å². The monoisotopic (exact) mass is 349 g/mol. The molecule has 1 nitrogen and oxygen atoms in total. The highest BCUT2D eigenvalue weighted by atomic mass is 127. The first kappa shape index (κ1) is 7.09. The number of rotatable bonds is 0. The Bertz CT molecular complexity index is 116. The Morgan fingerprint density at radius 1 is 1.11 bits per heavy atom. The second-order valence-corrected chi connectivity index (χ2v) is 5.83. The van der Waals surface area contributed by atoms with Gasteiger partial charge in [0.25, 0.3) is 0 Å². The maximum absolute atomic E-state index is 2.58. The fourth-order valence-corrected chi connectivity index (χ4v) is 3.84. The highest BCUT2D eigenvalue weighted by molar-refractivity contribution is 14.1. The number of hydrogen-bond acceptors (Lipinski definition) is 1. The molecule has 0 spiro atoms. The van der Waals surface area contributed by atoms with Crippen LogP contribution in [0.1, 0.15) is 19.3 Å². The summed E-state index contributed by atoms with van der Waals surface area (Å²) in [6.07, 6.45) is 4.34. The SMILES string of the molecule is IC1CC2CC(C1)N2I. The van der Waals surface area contributed by atoms with E-state index in [1.165, 1.54) is 19.3 Å². The molecule has 2 heterocycles. The molecule has 0 radical (unpaired) electrons. The number of hydrogen-bond donors (Lipinski definition) is 0. The van der Waals surface area contributed by atoms with Crippen LogP contribution in [0.15, 0.2) is 0 Å². The van der Waals surface area contributed by atoms with Crippen LogP contribution in [0.2, 0.25) is 0 Å². The van der Waals surface area contributed by atoms with Crippen molar-refractivity contribution < 1.29 is 0 Å². The van der Waals surface area contributed by atoms with Crippen molar-refractivity contribution in [3.63, 3.8) is 0 Å². The lowest BCUT2D eigenvalue weighted by molar-refractivity contribution is 0.0945. The van der Waals surface area contributed by atoms with Gasteiger partial charge in [0.1, 0.15) is 0 Å². The van der Waals surface area contributed by atoms with Crippen molar-refractivity contribution in [1.29, 1.82) is 0 Å². The summed E-state index contributed by atoms with van der Waals surface area (Å²) >= 11 is 5.05. The minimum absolute atomic E-state index is 0.936. The number of piperidine rings is 1. The molecule has 52 valence electrons. The van der Waals surface area contributed by atoms with Gasteiger partial charge in [-0.05, 0) is 19.3 Å². The first-order valence-electron chi connectivity index (χ1n) is 3.35. The summed E-state index contributed by atoms with van der Waals surface area (Å²) in [5.74, 6) is 0. The van der Waals surface area contributed by atoms with Gasteiger partial charge in [0.15, 0.2) is 0 Å². The van der Waals surface area contributed by atoms with Crippen LogP contribution < -0.4 is 0 Å². The quantitative estimate of drug-likeness (QED) is 0.369. The maximum Gasteiger partial charge on any atom is 0.0222 e. The molecule has 2 aliphatic heterocycles. The molecular weight excluding hydrogens is 340 g/mol. The topological polar surface area (TPSA) is 3.24 Å². The Balaban J connectivity index is 2.01. The molecule has 2 atom stereocenters. The van der Waals surface area contributed by atoms with Gasteiger partial charge in [-0.2, -0.15) is 0 Å². The minimum atomic E-state index is 0.936. The molecule has 0 amide bonds. The smallest absolute Gasteiger partial charge is 0.0222 e. The molecule has 2 saturated heterocycles. The number of nitrogens with zero attached hydrogens (tertiary/aromatic N) is 1. The highest BCUT2D eigenvalue weighted by Crippen LogP contribution is 2.43. The Morgan fingerprint density at radius 3 is 2.00 bits per heavy atom. The molecule has 3 heteroatoms. The molecule has 3 rings (SSSR count). The molecule has 2 bridgehead atoms. The van der Waals surface area contributed by atoms with Gasteiger partial charge < -0.3 is 0 Å². The summed E-state index contributed by atoms with van der Waals surface area (Å²) in [6, 6.07) is 1.87. The van der Waals surface area contributed by atoms with Crippen molar-refractivity contribution in [1.82, 2.24) is 3.11 Å². The molecule has 3 fully saturated rings. The fraction of sp³-hybridized carbons (Fsp3) is 1.00. The summed E-state index contributed by atoms with van der Waals surface area (Å²) in [5, 5.41) is 0. The Kier molecular flexibility index (Phi) is 1.95. The number of halogens is 2. The standard InChI is InChI=1S/C6H9I2N/c7-4-1-5-3-6(2-4)9(5)8/h4-6H,1-3H2. The van der Waals surface area contributed by atoms with E-state index in [2.05, 4.69) is 48.6 Å². The van der Waals surface area contributed by atoms with Crippen molar-refractivity contribution in [3.05, 3.63) is 0 Å². The predicted molar refractivity (Wildman–Crippen MR) is 55.1 cm³/mol. The van der Waals surface area contributed by atoms with E-state index < -0.39 is 0 Å². The average molecular weight is 349 g/mol. The molecule has 2 unspecified atom stereocenters. The Morgan fingerprint density at radius 2 is 1.67 bits per heavy atom. The van der Waals surface area contributed by atoms with Crippen LogP contribution in [0.4, 0.5) is 0 Å². The zero-order chi connectivity index (χ0) is 6.43. The number of alkyl halides is 1. The fourth-order valence-electron chi connectivity index (χ4n) is 1.76. The maximum atomic E-state index is 2.58. The third-order valence-corrected chi connectivity index (χ3v) is 4.89. The minimum Gasteiger partial charge on any atom is -0.241 e. The van der Waals surface area contributed by atoms with Gasteiger partial charge in [-0.1, -0.05) is 22.6 Å². The van der Waals surface area contributed by atoms with Crippen molar-refractivity contribution >= 4 is 45.5 Å². The average Bonchev–Trinajstić information content (AvgIpc) is 1.87. The molecule has 9 heavy (non-hydrogen) atoms. The van der Waals surface area contributed by atoms with Crippen LogP contribution in [-0.4, -0.2) is 19.1 Å². The molecule has 0 aromatic carbocycles. The third kappa shape index (κ3) is 1.13. The van der Waals surface area contributed by atoms with Crippen LogP contribution in [-0.2, 0) is 0 Å². The van der Waals surface area contributed by atoms with E-state index in [4.69, 9.17) is 0 Å². The van der Waals surface area contributed by atoms with Crippen molar-refractivity contribution in [3.8, 4) is 0 Å². The van der Waals surface area contributed by atoms with E-state index in [0.29, 0.717) is 0 Å². The normalized spacial score (nSPS) is 50.7. The predicted octanol–water partition coefficient (Wildman–Crippen LogP) is 2.38. The summed E-state index contributed by atoms with van der Waals surface area (Å²) in [5.41, 5.74) is 0. The summed E-state index contributed by atoms with van der Waals surface area (Å²) < 4.78 is 3.48. The van der Waals surface area contributed by atoms with Crippen LogP contribution in [0.5, 0.6) is 0 Å². The van der Waals surface area contributed by atoms with Gasteiger partial charge in [0, 0.05) is 38.9 Å². The van der Waals surface area contributed by atoms with Gasteiger partial charge in [0.05, 0.1) is 0 Å². The van der Waals surface area contributed by atoms with E-state index >= 15 is 0 Å². The summed E-state index contributed by atoms with van der Waals surface area (Å²) in [6.45, 7) is 0. The van der Waals surface area contributed by atoms with E-state index in [-0.39, 0.29) is 0 Å². The van der Waals surface area contributed by atoms with Gasteiger partial charge in [-0.25, -0.2) is 3.11 Å². The van der Waals surface area contributed by atoms with Crippen LogP contribution in [0.3, 0.4) is 0 Å². The Labute approximate surface area is 83.2 Å². The van der Waals surface area contributed by atoms with Gasteiger partial charge in [-0.3, -0.25) is 0 Å². The summed E-state index contributed by atoms with van der Waals surface area (Å²) in [7, 11) is 0. The number of fused-ring (bicyclic) bond motifs is 2.